The highest BCUT2D eigenvalue weighted by atomic mass is 16.6. The molecule has 1 N–H and O–H groups in total. The Kier molecular flexibility index (Phi) is 3.80. The Bertz CT molecular complexity index is 465. The number of para-hydroxylation sites is 1. The lowest BCUT2D eigenvalue weighted by atomic mass is 9.96. The van der Waals surface area contributed by atoms with E-state index in [-0.39, 0.29) is 12.6 Å². The van der Waals surface area contributed by atoms with Gasteiger partial charge in [-0.25, -0.2) is 4.79 Å². The third kappa shape index (κ3) is 3.07. The summed E-state index contributed by atoms with van der Waals surface area (Å²) in [4.78, 5) is 13.9. The molecule has 1 amide bonds. The molecule has 1 atom stereocenters. The number of rotatable bonds is 1. The van der Waals surface area contributed by atoms with Crippen LogP contribution in [0.5, 0.6) is 0 Å². The van der Waals surface area contributed by atoms with E-state index in [0.717, 1.165) is 24.1 Å². The molecular weight excluding hydrogens is 242 g/mol. The third-order valence-corrected chi connectivity index (χ3v) is 3.16. The number of amides is 1. The van der Waals surface area contributed by atoms with Gasteiger partial charge < -0.3 is 9.84 Å². The SMILES string of the molecule is CC(C)(C)OC(=O)N1c2ccccc2CC[C@H]1CO. The van der Waals surface area contributed by atoms with Crippen molar-refractivity contribution in [3.05, 3.63) is 29.8 Å². The quantitative estimate of drug-likeness (QED) is 0.847. The zero-order valence-corrected chi connectivity index (χ0v) is 11.7. The molecule has 1 heterocycles. The minimum atomic E-state index is -0.538. The smallest absolute Gasteiger partial charge is 0.415 e. The summed E-state index contributed by atoms with van der Waals surface area (Å²) in [6, 6.07) is 7.58. The van der Waals surface area contributed by atoms with Crippen molar-refractivity contribution in [2.75, 3.05) is 11.5 Å². The lowest BCUT2D eigenvalue weighted by Gasteiger charge is -2.37. The fourth-order valence-corrected chi connectivity index (χ4v) is 2.34. The summed E-state index contributed by atoms with van der Waals surface area (Å²) in [5.74, 6) is 0. The number of aliphatic hydroxyl groups excluding tert-OH is 1. The molecule has 0 unspecified atom stereocenters. The van der Waals surface area contributed by atoms with Crippen molar-refractivity contribution in [1.82, 2.24) is 0 Å². The predicted molar refractivity (Wildman–Crippen MR) is 74.3 cm³/mol. The zero-order valence-electron chi connectivity index (χ0n) is 11.7. The standard InChI is InChI=1S/C15H21NO3/c1-15(2,3)19-14(18)16-12(10-17)9-8-11-6-4-5-7-13(11)16/h4-7,12,17H,8-10H2,1-3H3/t12-/m0/s1. The van der Waals surface area contributed by atoms with Gasteiger partial charge in [-0.15, -0.1) is 0 Å². The number of anilines is 1. The van der Waals surface area contributed by atoms with Gasteiger partial charge in [0.05, 0.1) is 18.3 Å². The predicted octanol–water partition coefficient (Wildman–Crippen LogP) is 2.74. The number of carbonyl (C=O) groups excluding carboxylic acids is 1. The van der Waals surface area contributed by atoms with Crippen LogP contribution >= 0.6 is 0 Å². The zero-order chi connectivity index (χ0) is 14.0. The Morgan fingerprint density at radius 1 is 1.42 bits per heavy atom. The van der Waals surface area contributed by atoms with Gasteiger partial charge in [-0.3, -0.25) is 4.90 Å². The number of hydrogen-bond donors (Lipinski definition) is 1. The van der Waals surface area contributed by atoms with Gasteiger partial charge in [-0.05, 0) is 45.2 Å². The maximum absolute atomic E-state index is 12.3. The van der Waals surface area contributed by atoms with Gasteiger partial charge in [0.2, 0.25) is 0 Å². The first-order valence-electron chi connectivity index (χ1n) is 6.63. The first-order chi connectivity index (χ1) is 8.92. The van der Waals surface area contributed by atoms with Gasteiger partial charge in [0.15, 0.2) is 0 Å². The van der Waals surface area contributed by atoms with Crippen molar-refractivity contribution >= 4 is 11.8 Å². The molecule has 2 rings (SSSR count). The molecule has 0 spiro atoms. The van der Waals surface area contributed by atoms with Crippen molar-refractivity contribution < 1.29 is 14.6 Å². The Morgan fingerprint density at radius 3 is 2.74 bits per heavy atom. The number of ether oxygens (including phenoxy) is 1. The third-order valence-electron chi connectivity index (χ3n) is 3.16. The Hall–Kier alpha value is -1.55. The van der Waals surface area contributed by atoms with Crippen molar-refractivity contribution in [2.45, 2.75) is 45.3 Å². The lowest BCUT2D eigenvalue weighted by Crippen LogP contribution is -2.47. The maximum Gasteiger partial charge on any atom is 0.415 e. The van der Waals surface area contributed by atoms with E-state index in [9.17, 15) is 9.90 Å². The lowest BCUT2D eigenvalue weighted by molar-refractivity contribution is 0.0544. The molecule has 0 saturated carbocycles. The number of carbonyl (C=O) groups is 1. The molecule has 0 aromatic heterocycles. The highest BCUT2D eigenvalue weighted by Crippen LogP contribution is 2.31. The highest BCUT2D eigenvalue weighted by molar-refractivity contribution is 5.90. The second-order valence-corrected chi connectivity index (χ2v) is 5.85. The summed E-state index contributed by atoms with van der Waals surface area (Å²) >= 11 is 0. The van der Waals surface area contributed by atoms with Crippen LogP contribution in [-0.2, 0) is 11.2 Å². The van der Waals surface area contributed by atoms with Gasteiger partial charge in [-0.2, -0.15) is 0 Å². The average Bonchev–Trinajstić information content (AvgIpc) is 2.35. The van der Waals surface area contributed by atoms with E-state index in [4.69, 9.17) is 4.74 Å². The molecule has 0 bridgehead atoms. The molecule has 1 aliphatic heterocycles. The molecule has 0 saturated heterocycles. The van der Waals surface area contributed by atoms with Crippen LogP contribution in [0.4, 0.5) is 10.5 Å². The van der Waals surface area contributed by atoms with E-state index < -0.39 is 11.7 Å². The summed E-state index contributed by atoms with van der Waals surface area (Å²) in [6.07, 6.45) is 1.24. The minimum Gasteiger partial charge on any atom is -0.443 e. The molecule has 0 aliphatic carbocycles. The molecule has 19 heavy (non-hydrogen) atoms. The second-order valence-electron chi connectivity index (χ2n) is 5.85. The van der Waals surface area contributed by atoms with Crippen molar-refractivity contribution in [3.63, 3.8) is 0 Å². The number of aryl methyl sites for hydroxylation is 1. The van der Waals surface area contributed by atoms with Crippen LogP contribution in [0, 0.1) is 0 Å². The van der Waals surface area contributed by atoms with Gasteiger partial charge >= 0.3 is 6.09 Å². The van der Waals surface area contributed by atoms with E-state index >= 15 is 0 Å². The normalized spacial score (nSPS) is 18.9. The molecule has 4 heteroatoms. The van der Waals surface area contributed by atoms with Gasteiger partial charge in [0.25, 0.3) is 0 Å². The van der Waals surface area contributed by atoms with Gasteiger partial charge in [-0.1, -0.05) is 18.2 Å². The Balaban J connectivity index is 2.32. The summed E-state index contributed by atoms with van der Waals surface area (Å²) < 4.78 is 5.44. The number of fused-ring (bicyclic) bond motifs is 1. The monoisotopic (exact) mass is 263 g/mol. The van der Waals surface area contributed by atoms with Crippen LogP contribution in [-0.4, -0.2) is 29.4 Å². The summed E-state index contributed by atoms with van der Waals surface area (Å²) in [6.45, 7) is 5.48. The number of aliphatic hydroxyl groups is 1. The maximum atomic E-state index is 12.3. The summed E-state index contributed by atoms with van der Waals surface area (Å²) in [5.41, 5.74) is 1.43. The Labute approximate surface area is 114 Å². The molecule has 1 aromatic rings. The molecule has 4 nitrogen and oxygen atoms in total. The highest BCUT2D eigenvalue weighted by Gasteiger charge is 2.33. The molecule has 104 valence electrons. The topological polar surface area (TPSA) is 49.8 Å². The second kappa shape index (κ2) is 5.21. The molecule has 0 radical (unpaired) electrons. The fourth-order valence-electron chi connectivity index (χ4n) is 2.34. The van der Waals surface area contributed by atoms with Gasteiger partial charge in [0.1, 0.15) is 5.60 Å². The first kappa shape index (κ1) is 13.9. The molecule has 1 aliphatic rings. The van der Waals surface area contributed by atoms with E-state index in [0.29, 0.717) is 0 Å². The van der Waals surface area contributed by atoms with Crippen LogP contribution in [0.3, 0.4) is 0 Å². The van der Waals surface area contributed by atoms with Crippen LogP contribution in [0.15, 0.2) is 24.3 Å². The van der Waals surface area contributed by atoms with Crippen LogP contribution in [0.25, 0.3) is 0 Å². The van der Waals surface area contributed by atoms with Crippen molar-refractivity contribution in [3.8, 4) is 0 Å². The van der Waals surface area contributed by atoms with Crippen molar-refractivity contribution in [1.29, 1.82) is 0 Å². The van der Waals surface area contributed by atoms with E-state index in [2.05, 4.69) is 0 Å². The van der Waals surface area contributed by atoms with Crippen LogP contribution in [0.1, 0.15) is 32.8 Å². The van der Waals surface area contributed by atoms with E-state index in [1.807, 2.05) is 45.0 Å². The van der Waals surface area contributed by atoms with E-state index in [1.54, 1.807) is 4.90 Å². The fraction of sp³-hybridized carbons (Fsp3) is 0.533. The summed E-state index contributed by atoms with van der Waals surface area (Å²) in [7, 11) is 0. The minimum absolute atomic E-state index is 0.0480. The first-order valence-corrected chi connectivity index (χ1v) is 6.63. The summed E-state index contributed by atoms with van der Waals surface area (Å²) in [5, 5.41) is 9.48. The van der Waals surface area contributed by atoms with Crippen LogP contribution in [0.2, 0.25) is 0 Å². The number of nitrogens with zero attached hydrogens (tertiary/aromatic N) is 1. The van der Waals surface area contributed by atoms with Gasteiger partial charge in [0, 0.05) is 0 Å². The average molecular weight is 263 g/mol. The molecule has 1 aromatic carbocycles. The number of hydrogen-bond acceptors (Lipinski definition) is 3. The number of benzene rings is 1. The largest absolute Gasteiger partial charge is 0.443 e. The van der Waals surface area contributed by atoms with Crippen LogP contribution < -0.4 is 4.90 Å². The van der Waals surface area contributed by atoms with Crippen molar-refractivity contribution in [2.24, 2.45) is 0 Å². The molecular formula is C15H21NO3. The molecule has 0 fully saturated rings. The van der Waals surface area contributed by atoms with E-state index in [1.165, 1.54) is 0 Å². The Morgan fingerprint density at radius 2 is 2.11 bits per heavy atom.